The lowest BCUT2D eigenvalue weighted by atomic mass is 9.96. The Morgan fingerprint density at radius 3 is 2.58 bits per heavy atom. The number of hydrogen-bond acceptors (Lipinski definition) is 1. The predicted molar refractivity (Wildman–Crippen MR) is 53.0 cm³/mol. The van der Waals surface area contributed by atoms with E-state index in [1.165, 1.54) is 0 Å². The van der Waals surface area contributed by atoms with E-state index < -0.39 is 0 Å². The van der Waals surface area contributed by atoms with Crippen molar-refractivity contribution in [2.24, 2.45) is 5.92 Å². The van der Waals surface area contributed by atoms with Crippen LogP contribution < -0.4 is 0 Å². The second-order valence-electron chi connectivity index (χ2n) is 2.94. The van der Waals surface area contributed by atoms with Crippen molar-refractivity contribution in [1.29, 1.82) is 0 Å². The van der Waals surface area contributed by atoms with Crippen LogP contribution in [0.5, 0.6) is 0 Å². The van der Waals surface area contributed by atoms with Gasteiger partial charge in [-0.25, -0.2) is 0 Å². The predicted octanol–water partition coefficient (Wildman–Crippen LogP) is 3.12. The first-order valence-corrected chi connectivity index (χ1v) is 4.52. The SMILES string of the molecule is C=CCC(=O)C(C=C)CCCC. The van der Waals surface area contributed by atoms with Gasteiger partial charge in [-0.1, -0.05) is 31.9 Å². The summed E-state index contributed by atoms with van der Waals surface area (Å²) in [6.45, 7) is 9.33. The van der Waals surface area contributed by atoms with Crippen molar-refractivity contribution in [2.75, 3.05) is 0 Å². The summed E-state index contributed by atoms with van der Waals surface area (Å²) in [5.41, 5.74) is 0. The lowest BCUT2D eigenvalue weighted by Gasteiger charge is -2.08. The van der Waals surface area contributed by atoms with Crippen molar-refractivity contribution >= 4 is 5.78 Å². The fraction of sp³-hybridized carbons (Fsp3) is 0.545. The zero-order valence-electron chi connectivity index (χ0n) is 7.88. The van der Waals surface area contributed by atoms with Crippen LogP contribution in [0, 0.1) is 5.92 Å². The Balaban J connectivity index is 3.86. The first-order chi connectivity index (χ1) is 5.76. The van der Waals surface area contributed by atoms with Crippen LogP contribution >= 0.6 is 0 Å². The second kappa shape index (κ2) is 6.84. The maximum atomic E-state index is 11.3. The van der Waals surface area contributed by atoms with Gasteiger partial charge in [-0.15, -0.1) is 13.2 Å². The molecular formula is C11H18O. The number of allylic oxidation sites excluding steroid dienone is 2. The summed E-state index contributed by atoms with van der Waals surface area (Å²) in [4.78, 5) is 11.3. The number of unbranched alkanes of at least 4 members (excludes halogenated alkanes) is 1. The molecule has 0 heterocycles. The third-order valence-corrected chi connectivity index (χ3v) is 1.91. The maximum absolute atomic E-state index is 11.3. The highest BCUT2D eigenvalue weighted by molar-refractivity contribution is 5.83. The van der Waals surface area contributed by atoms with Crippen LogP contribution in [0.4, 0.5) is 0 Å². The lowest BCUT2D eigenvalue weighted by Crippen LogP contribution is -2.10. The molecule has 0 aromatic carbocycles. The smallest absolute Gasteiger partial charge is 0.143 e. The van der Waals surface area contributed by atoms with E-state index in [0.717, 1.165) is 19.3 Å². The minimum atomic E-state index is 0.0444. The standard InChI is InChI=1S/C11H18O/c1-4-7-9-10(6-3)11(12)8-5-2/h5-6,10H,2-4,7-9H2,1H3. The molecule has 0 aliphatic heterocycles. The third-order valence-electron chi connectivity index (χ3n) is 1.91. The molecule has 0 radical (unpaired) electrons. The highest BCUT2D eigenvalue weighted by Gasteiger charge is 2.11. The Morgan fingerprint density at radius 2 is 2.17 bits per heavy atom. The molecule has 1 atom stereocenters. The van der Waals surface area contributed by atoms with Crippen molar-refractivity contribution in [3.63, 3.8) is 0 Å². The van der Waals surface area contributed by atoms with Gasteiger partial charge in [0.2, 0.25) is 0 Å². The van der Waals surface area contributed by atoms with Gasteiger partial charge in [-0.2, -0.15) is 0 Å². The molecule has 1 nitrogen and oxygen atoms in total. The van der Waals surface area contributed by atoms with E-state index in [-0.39, 0.29) is 11.7 Å². The van der Waals surface area contributed by atoms with Gasteiger partial charge in [0.15, 0.2) is 0 Å². The van der Waals surface area contributed by atoms with Crippen LogP contribution in [0.15, 0.2) is 25.3 Å². The largest absolute Gasteiger partial charge is 0.299 e. The monoisotopic (exact) mass is 166 g/mol. The van der Waals surface area contributed by atoms with Gasteiger partial charge in [0.25, 0.3) is 0 Å². The number of Topliss-reactive ketones (excluding diaryl/α,β-unsaturated/α-hetero) is 1. The first-order valence-electron chi connectivity index (χ1n) is 4.52. The summed E-state index contributed by atoms with van der Waals surface area (Å²) in [7, 11) is 0. The summed E-state index contributed by atoms with van der Waals surface area (Å²) in [6, 6.07) is 0. The summed E-state index contributed by atoms with van der Waals surface area (Å²) in [5.74, 6) is 0.288. The van der Waals surface area contributed by atoms with E-state index >= 15 is 0 Å². The highest BCUT2D eigenvalue weighted by Crippen LogP contribution is 2.12. The highest BCUT2D eigenvalue weighted by atomic mass is 16.1. The van der Waals surface area contributed by atoms with Gasteiger partial charge in [0.1, 0.15) is 5.78 Å². The number of carbonyl (C=O) groups excluding carboxylic acids is 1. The molecule has 0 amide bonds. The number of ketones is 1. The van der Waals surface area contributed by atoms with Gasteiger partial charge in [-0.05, 0) is 6.42 Å². The first kappa shape index (κ1) is 11.2. The van der Waals surface area contributed by atoms with Gasteiger partial charge < -0.3 is 0 Å². The van der Waals surface area contributed by atoms with E-state index in [9.17, 15) is 4.79 Å². The fourth-order valence-corrected chi connectivity index (χ4v) is 1.13. The molecule has 1 heteroatoms. The topological polar surface area (TPSA) is 17.1 Å². The minimum Gasteiger partial charge on any atom is -0.299 e. The molecule has 0 aromatic heterocycles. The quantitative estimate of drug-likeness (QED) is 0.531. The molecule has 0 spiro atoms. The summed E-state index contributed by atoms with van der Waals surface area (Å²) >= 11 is 0. The van der Waals surface area contributed by atoms with Crippen molar-refractivity contribution in [3.05, 3.63) is 25.3 Å². The molecule has 0 N–H and O–H groups in total. The van der Waals surface area contributed by atoms with Gasteiger partial charge in [0, 0.05) is 12.3 Å². The molecule has 0 aromatic rings. The molecular weight excluding hydrogens is 148 g/mol. The van der Waals surface area contributed by atoms with Crippen LogP contribution in [-0.4, -0.2) is 5.78 Å². The maximum Gasteiger partial charge on any atom is 0.143 e. The van der Waals surface area contributed by atoms with E-state index in [4.69, 9.17) is 0 Å². The summed E-state index contributed by atoms with van der Waals surface area (Å²) < 4.78 is 0. The molecule has 0 bridgehead atoms. The molecule has 12 heavy (non-hydrogen) atoms. The number of carbonyl (C=O) groups is 1. The Kier molecular flexibility index (Phi) is 6.35. The Bertz CT molecular complexity index is 158. The summed E-state index contributed by atoms with van der Waals surface area (Å²) in [6.07, 6.45) is 7.05. The number of hydrogen-bond donors (Lipinski definition) is 0. The fourth-order valence-electron chi connectivity index (χ4n) is 1.13. The lowest BCUT2D eigenvalue weighted by molar-refractivity contribution is -0.120. The average Bonchev–Trinajstić information content (AvgIpc) is 2.06. The van der Waals surface area contributed by atoms with Crippen LogP contribution in [-0.2, 0) is 4.79 Å². The average molecular weight is 166 g/mol. The molecule has 0 saturated carbocycles. The van der Waals surface area contributed by atoms with E-state index in [1.54, 1.807) is 12.2 Å². The molecule has 0 aliphatic rings. The van der Waals surface area contributed by atoms with E-state index in [0.29, 0.717) is 6.42 Å². The Labute approximate surface area is 75.2 Å². The van der Waals surface area contributed by atoms with Crippen LogP contribution in [0.3, 0.4) is 0 Å². The number of rotatable bonds is 7. The van der Waals surface area contributed by atoms with E-state index in [2.05, 4.69) is 20.1 Å². The van der Waals surface area contributed by atoms with Crippen molar-refractivity contribution in [1.82, 2.24) is 0 Å². The van der Waals surface area contributed by atoms with E-state index in [1.807, 2.05) is 0 Å². The summed E-state index contributed by atoms with van der Waals surface area (Å²) in [5, 5.41) is 0. The van der Waals surface area contributed by atoms with Gasteiger partial charge >= 0.3 is 0 Å². The van der Waals surface area contributed by atoms with Crippen molar-refractivity contribution < 1.29 is 4.79 Å². The normalized spacial score (nSPS) is 12.1. The van der Waals surface area contributed by atoms with Crippen molar-refractivity contribution in [2.45, 2.75) is 32.6 Å². The molecule has 68 valence electrons. The minimum absolute atomic E-state index is 0.0444. The third kappa shape index (κ3) is 4.12. The van der Waals surface area contributed by atoms with Crippen LogP contribution in [0.25, 0.3) is 0 Å². The van der Waals surface area contributed by atoms with Gasteiger partial charge in [-0.3, -0.25) is 4.79 Å². The van der Waals surface area contributed by atoms with Gasteiger partial charge in [0.05, 0.1) is 0 Å². The van der Waals surface area contributed by atoms with Crippen molar-refractivity contribution in [3.8, 4) is 0 Å². The Hall–Kier alpha value is -0.850. The Morgan fingerprint density at radius 1 is 1.50 bits per heavy atom. The second-order valence-corrected chi connectivity index (χ2v) is 2.94. The molecule has 0 fully saturated rings. The molecule has 0 aliphatic carbocycles. The zero-order valence-corrected chi connectivity index (χ0v) is 7.88. The van der Waals surface area contributed by atoms with Crippen LogP contribution in [0.1, 0.15) is 32.6 Å². The zero-order chi connectivity index (χ0) is 9.40. The van der Waals surface area contributed by atoms with Crippen LogP contribution in [0.2, 0.25) is 0 Å². The molecule has 0 saturated heterocycles. The molecule has 1 unspecified atom stereocenters. The molecule has 0 rings (SSSR count).